The number of hydrogen-bond donors (Lipinski definition) is 0. The van der Waals surface area contributed by atoms with Crippen LogP contribution in [0.3, 0.4) is 0 Å². The molecule has 0 unspecified atom stereocenters. The Kier molecular flexibility index (Phi) is 2.81. The summed E-state index contributed by atoms with van der Waals surface area (Å²) >= 11 is 1.52. The molecule has 80 valence electrons. The largest absolute Gasteiger partial charge is 0.356 e. The summed E-state index contributed by atoms with van der Waals surface area (Å²) in [5.74, 6) is 0.230. The summed E-state index contributed by atoms with van der Waals surface area (Å²) in [6.45, 7) is 0. The van der Waals surface area contributed by atoms with Gasteiger partial charge in [-0.05, 0) is 11.4 Å². The first-order valence-corrected chi connectivity index (χ1v) is 7.37. The average Bonchev–Trinajstić information content (AvgIpc) is 2.68. The molecule has 0 amide bonds. The maximum Gasteiger partial charge on any atom is 0.238 e. The number of rotatable bonds is 3. The lowest BCUT2D eigenvalue weighted by Crippen LogP contribution is -1.94. The van der Waals surface area contributed by atoms with Gasteiger partial charge in [-0.2, -0.15) is 11.3 Å². The van der Waals surface area contributed by atoms with Crippen LogP contribution >= 0.6 is 22.0 Å². The molecule has 2 aromatic rings. The Morgan fingerprint density at radius 2 is 2.33 bits per heavy atom. The summed E-state index contributed by atoms with van der Waals surface area (Å²) in [5, 5.41) is 7.41. The first-order chi connectivity index (χ1) is 7.04. The lowest BCUT2D eigenvalue weighted by molar-refractivity contribution is 0.426. The molecule has 4 nitrogen and oxygen atoms in total. The quantitative estimate of drug-likeness (QED) is 0.798. The molecule has 0 aromatic carbocycles. The average molecular weight is 264 g/mol. The van der Waals surface area contributed by atoms with Crippen LogP contribution in [0.15, 0.2) is 27.4 Å². The van der Waals surface area contributed by atoms with Crippen LogP contribution in [0.25, 0.3) is 11.3 Å². The second-order valence-electron chi connectivity index (χ2n) is 2.88. The van der Waals surface area contributed by atoms with Crippen LogP contribution in [0.2, 0.25) is 0 Å². The van der Waals surface area contributed by atoms with Gasteiger partial charge < -0.3 is 4.52 Å². The summed E-state index contributed by atoms with van der Waals surface area (Å²) in [6.07, 6.45) is 0. The fraction of sp³-hybridized carbons (Fsp3) is 0.125. The predicted molar refractivity (Wildman–Crippen MR) is 58.3 cm³/mol. The standard InChI is InChI=1S/C8H6ClNO3S2/c9-15(11,12)5-7-3-8(13-10-7)6-1-2-14-4-6/h1-4H,5H2. The predicted octanol–water partition coefficient (Wildman–Crippen LogP) is 2.47. The van der Waals surface area contributed by atoms with E-state index in [4.69, 9.17) is 15.2 Å². The van der Waals surface area contributed by atoms with Gasteiger partial charge >= 0.3 is 0 Å². The van der Waals surface area contributed by atoms with Crippen molar-refractivity contribution >= 4 is 31.1 Å². The Balaban J connectivity index is 2.25. The van der Waals surface area contributed by atoms with E-state index < -0.39 is 9.05 Å². The van der Waals surface area contributed by atoms with Crippen LogP contribution in [0.4, 0.5) is 0 Å². The topological polar surface area (TPSA) is 60.2 Å². The van der Waals surface area contributed by atoms with Crippen LogP contribution in [0, 0.1) is 0 Å². The van der Waals surface area contributed by atoms with E-state index in [0.29, 0.717) is 11.5 Å². The van der Waals surface area contributed by atoms with Gasteiger partial charge in [0.25, 0.3) is 0 Å². The second-order valence-corrected chi connectivity index (χ2v) is 6.43. The van der Waals surface area contributed by atoms with E-state index in [2.05, 4.69) is 5.16 Å². The smallest absolute Gasteiger partial charge is 0.238 e. The highest BCUT2D eigenvalue weighted by Gasteiger charge is 2.13. The van der Waals surface area contributed by atoms with Crippen molar-refractivity contribution in [2.75, 3.05) is 0 Å². The van der Waals surface area contributed by atoms with Crippen molar-refractivity contribution in [1.82, 2.24) is 5.16 Å². The van der Waals surface area contributed by atoms with Crippen LogP contribution in [-0.2, 0) is 14.8 Å². The third kappa shape index (κ3) is 2.80. The van der Waals surface area contributed by atoms with Crippen molar-refractivity contribution < 1.29 is 12.9 Å². The molecule has 2 aromatic heterocycles. The normalized spacial score (nSPS) is 11.8. The van der Waals surface area contributed by atoms with Crippen molar-refractivity contribution in [3.63, 3.8) is 0 Å². The lowest BCUT2D eigenvalue weighted by Gasteiger charge is -1.86. The van der Waals surface area contributed by atoms with E-state index in [0.717, 1.165) is 5.56 Å². The third-order valence-corrected chi connectivity index (χ3v) is 3.34. The van der Waals surface area contributed by atoms with Crippen LogP contribution in [0.1, 0.15) is 5.69 Å². The Morgan fingerprint density at radius 1 is 1.53 bits per heavy atom. The number of halogens is 1. The molecule has 0 N–H and O–H groups in total. The van der Waals surface area contributed by atoms with Crippen molar-refractivity contribution in [1.29, 1.82) is 0 Å². The highest BCUT2D eigenvalue weighted by molar-refractivity contribution is 8.13. The first-order valence-electron chi connectivity index (χ1n) is 3.95. The Hall–Kier alpha value is -0.850. The number of aromatic nitrogens is 1. The monoisotopic (exact) mass is 263 g/mol. The second kappa shape index (κ2) is 3.96. The minimum atomic E-state index is -3.58. The zero-order valence-electron chi connectivity index (χ0n) is 7.38. The van der Waals surface area contributed by atoms with Crippen molar-refractivity contribution in [3.8, 4) is 11.3 Å². The van der Waals surface area contributed by atoms with E-state index in [1.807, 2.05) is 16.8 Å². The lowest BCUT2D eigenvalue weighted by atomic mass is 10.2. The van der Waals surface area contributed by atoms with Crippen LogP contribution in [-0.4, -0.2) is 13.6 Å². The molecular formula is C8H6ClNO3S2. The molecule has 0 atom stereocenters. The Morgan fingerprint density at radius 3 is 2.93 bits per heavy atom. The molecule has 0 saturated heterocycles. The fourth-order valence-corrected chi connectivity index (χ4v) is 2.57. The van der Waals surface area contributed by atoms with Gasteiger partial charge in [0.05, 0.1) is 0 Å². The van der Waals surface area contributed by atoms with Crippen molar-refractivity contribution in [2.45, 2.75) is 5.75 Å². The summed E-state index contributed by atoms with van der Waals surface area (Å²) in [6, 6.07) is 3.44. The molecule has 2 heterocycles. The third-order valence-electron chi connectivity index (χ3n) is 1.68. The number of nitrogens with zero attached hydrogens (tertiary/aromatic N) is 1. The van der Waals surface area contributed by atoms with Gasteiger partial charge in [-0.15, -0.1) is 0 Å². The fourth-order valence-electron chi connectivity index (χ4n) is 1.10. The van der Waals surface area contributed by atoms with E-state index in [1.54, 1.807) is 6.07 Å². The molecule has 0 radical (unpaired) electrons. The number of thiophene rings is 1. The summed E-state index contributed by atoms with van der Waals surface area (Å²) in [7, 11) is 1.51. The minimum absolute atomic E-state index is 0.311. The van der Waals surface area contributed by atoms with E-state index >= 15 is 0 Å². The molecule has 0 saturated carbocycles. The highest BCUT2D eigenvalue weighted by atomic mass is 35.7. The van der Waals surface area contributed by atoms with Gasteiger partial charge in [0.1, 0.15) is 11.4 Å². The molecule has 0 bridgehead atoms. The van der Waals surface area contributed by atoms with Gasteiger partial charge in [0, 0.05) is 27.7 Å². The SMILES string of the molecule is O=S(=O)(Cl)Cc1cc(-c2ccsc2)on1. The summed E-state index contributed by atoms with van der Waals surface area (Å²) in [4.78, 5) is 0. The molecule has 2 rings (SSSR count). The zero-order valence-corrected chi connectivity index (χ0v) is 9.77. The van der Waals surface area contributed by atoms with Gasteiger partial charge in [-0.3, -0.25) is 0 Å². The zero-order chi connectivity index (χ0) is 10.9. The molecule has 0 aliphatic rings. The molecule has 15 heavy (non-hydrogen) atoms. The minimum Gasteiger partial charge on any atom is -0.356 e. The van der Waals surface area contributed by atoms with Crippen LogP contribution < -0.4 is 0 Å². The Labute approximate surface area is 94.9 Å². The van der Waals surface area contributed by atoms with Gasteiger partial charge in [-0.1, -0.05) is 5.16 Å². The molecule has 7 heteroatoms. The molecular weight excluding hydrogens is 258 g/mol. The van der Waals surface area contributed by atoms with E-state index in [9.17, 15) is 8.42 Å². The van der Waals surface area contributed by atoms with E-state index in [-0.39, 0.29) is 5.75 Å². The molecule has 0 aliphatic carbocycles. The maximum atomic E-state index is 10.8. The van der Waals surface area contributed by atoms with Gasteiger partial charge in [0.2, 0.25) is 9.05 Å². The van der Waals surface area contributed by atoms with Crippen molar-refractivity contribution in [3.05, 3.63) is 28.6 Å². The number of hydrogen-bond acceptors (Lipinski definition) is 5. The van der Waals surface area contributed by atoms with Crippen molar-refractivity contribution in [2.24, 2.45) is 0 Å². The Bertz CT molecular complexity index is 544. The highest BCUT2D eigenvalue weighted by Crippen LogP contribution is 2.23. The van der Waals surface area contributed by atoms with Gasteiger partial charge in [-0.25, -0.2) is 8.42 Å². The first kappa shape index (κ1) is 10.7. The molecule has 0 fully saturated rings. The summed E-state index contributed by atoms with van der Waals surface area (Å²) in [5.41, 5.74) is 1.19. The van der Waals surface area contributed by atoms with Crippen LogP contribution in [0.5, 0.6) is 0 Å². The molecule has 0 aliphatic heterocycles. The van der Waals surface area contributed by atoms with Gasteiger partial charge in [0.15, 0.2) is 5.76 Å². The molecule has 0 spiro atoms. The maximum absolute atomic E-state index is 10.8. The van der Waals surface area contributed by atoms with E-state index in [1.165, 1.54) is 11.3 Å². The summed E-state index contributed by atoms with van der Waals surface area (Å²) < 4.78 is 26.6.